The predicted octanol–water partition coefficient (Wildman–Crippen LogP) is 4.06. The molecule has 0 radical (unpaired) electrons. The van der Waals surface area contributed by atoms with E-state index in [0.29, 0.717) is 0 Å². The SMILES string of the molecule is CC[Si](CC)(CSC[Si](CC)(CC)OC)OC. The molecule has 0 aliphatic carbocycles. The summed E-state index contributed by atoms with van der Waals surface area (Å²) >= 11 is 2.09. The smallest absolute Gasteiger partial charge is 0.201 e. The summed E-state index contributed by atoms with van der Waals surface area (Å²) in [6.45, 7) is 9.11. The fourth-order valence-corrected chi connectivity index (χ4v) is 12.7. The molecule has 0 unspecified atom stereocenters. The second-order valence-corrected chi connectivity index (χ2v) is 15.8. The maximum Gasteiger partial charge on any atom is 0.201 e. The minimum atomic E-state index is -1.43. The topological polar surface area (TPSA) is 18.5 Å². The first kappa shape index (κ1) is 17.7. The van der Waals surface area contributed by atoms with Gasteiger partial charge >= 0.3 is 0 Å². The first-order valence-electron chi connectivity index (χ1n) is 6.75. The van der Waals surface area contributed by atoms with Gasteiger partial charge in [-0.25, -0.2) is 0 Å². The van der Waals surface area contributed by atoms with E-state index in [1.165, 1.54) is 34.9 Å². The Labute approximate surface area is 114 Å². The Morgan fingerprint density at radius 3 is 1.18 bits per heavy atom. The van der Waals surface area contributed by atoms with Crippen molar-refractivity contribution < 1.29 is 8.85 Å². The van der Waals surface area contributed by atoms with Crippen LogP contribution in [0, 0.1) is 0 Å². The van der Waals surface area contributed by atoms with Gasteiger partial charge in [-0.3, -0.25) is 0 Å². The van der Waals surface area contributed by atoms with Crippen molar-refractivity contribution in [3.8, 4) is 0 Å². The summed E-state index contributed by atoms with van der Waals surface area (Å²) in [7, 11) is 0.955. The van der Waals surface area contributed by atoms with Crippen LogP contribution >= 0.6 is 11.8 Å². The molecule has 0 aliphatic heterocycles. The molecule has 0 saturated carbocycles. The third-order valence-corrected chi connectivity index (χ3v) is 16.9. The Balaban J connectivity index is 4.28. The third-order valence-electron chi connectivity index (χ3n) is 4.17. The van der Waals surface area contributed by atoms with Crippen LogP contribution in [0.2, 0.25) is 24.2 Å². The summed E-state index contributed by atoms with van der Waals surface area (Å²) in [5.74, 6) is 0. The summed E-state index contributed by atoms with van der Waals surface area (Å²) in [6.07, 6.45) is 0. The van der Waals surface area contributed by atoms with Crippen LogP contribution < -0.4 is 0 Å². The Hall–Kier alpha value is 0.704. The van der Waals surface area contributed by atoms with Crippen LogP contribution in [0.15, 0.2) is 0 Å². The van der Waals surface area contributed by atoms with Crippen molar-refractivity contribution in [2.45, 2.75) is 51.9 Å². The van der Waals surface area contributed by atoms with Gasteiger partial charge in [-0.05, 0) is 24.2 Å². The maximum absolute atomic E-state index is 5.84. The normalized spacial score (nSPS) is 13.1. The molecule has 0 saturated heterocycles. The van der Waals surface area contributed by atoms with Crippen LogP contribution in [0.25, 0.3) is 0 Å². The van der Waals surface area contributed by atoms with Gasteiger partial charge < -0.3 is 8.85 Å². The van der Waals surface area contributed by atoms with Crippen molar-refractivity contribution in [1.82, 2.24) is 0 Å². The van der Waals surface area contributed by atoms with Gasteiger partial charge in [0.25, 0.3) is 0 Å². The summed E-state index contributed by atoms with van der Waals surface area (Å²) in [6, 6.07) is 4.92. The van der Waals surface area contributed by atoms with E-state index in [2.05, 4.69) is 39.5 Å². The van der Waals surface area contributed by atoms with Gasteiger partial charge in [0.15, 0.2) is 0 Å². The largest absolute Gasteiger partial charge is 0.419 e. The van der Waals surface area contributed by atoms with Gasteiger partial charge in [0.1, 0.15) is 0 Å². The fraction of sp³-hybridized carbons (Fsp3) is 1.00. The van der Waals surface area contributed by atoms with Crippen molar-refractivity contribution in [2.24, 2.45) is 0 Å². The second-order valence-electron chi connectivity index (χ2n) is 4.68. The number of hydrogen-bond donors (Lipinski definition) is 0. The fourth-order valence-electron chi connectivity index (χ4n) is 2.03. The van der Waals surface area contributed by atoms with Crippen LogP contribution in [-0.4, -0.2) is 41.6 Å². The van der Waals surface area contributed by atoms with Gasteiger partial charge in [-0.15, -0.1) is 0 Å². The Morgan fingerprint density at radius 1 is 0.706 bits per heavy atom. The van der Waals surface area contributed by atoms with Crippen molar-refractivity contribution in [3.05, 3.63) is 0 Å². The third kappa shape index (κ3) is 5.06. The van der Waals surface area contributed by atoms with E-state index in [0.717, 1.165) is 0 Å². The minimum absolute atomic E-state index is 1.23. The molecule has 0 atom stereocenters. The van der Waals surface area contributed by atoms with Crippen molar-refractivity contribution in [1.29, 1.82) is 0 Å². The van der Waals surface area contributed by atoms with E-state index in [9.17, 15) is 0 Å². The molecule has 0 aliphatic rings. The molecule has 0 amide bonds. The zero-order valence-corrected chi connectivity index (χ0v) is 15.3. The zero-order valence-electron chi connectivity index (χ0n) is 12.5. The standard InChI is InChI=1S/C12H30O2SSi2/c1-7-16(8-2,13-5)11-15-12-17(9-3,10-4)14-6/h7-12H2,1-6H3. The van der Waals surface area contributed by atoms with E-state index < -0.39 is 16.6 Å². The summed E-state index contributed by atoms with van der Waals surface area (Å²) in [5.41, 5.74) is 0. The molecule has 0 fully saturated rings. The monoisotopic (exact) mass is 294 g/mol. The molecular formula is C12H30O2SSi2. The predicted molar refractivity (Wildman–Crippen MR) is 84.8 cm³/mol. The number of hydrogen-bond acceptors (Lipinski definition) is 3. The summed E-state index contributed by atoms with van der Waals surface area (Å²) in [4.78, 5) is 0. The van der Waals surface area contributed by atoms with Crippen molar-refractivity contribution in [3.63, 3.8) is 0 Å². The molecule has 0 rings (SSSR count). The molecule has 0 heterocycles. The highest BCUT2D eigenvalue weighted by atomic mass is 32.2. The summed E-state index contributed by atoms with van der Waals surface area (Å²) in [5, 5.41) is 2.46. The highest BCUT2D eigenvalue weighted by Crippen LogP contribution is 2.26. The lowest BCUT2D eigenvalue weighted by atomic mass is 10.9. The Morgan fingerprint density at radius 2 is 1.00 bits per heavy atom. The Kier molecular flexibility index (Phi) is 9.11. The first-order valence-corrected chi connectivity index (χ1v) is 13.0. The average Bonchev–Trinajstić information content (AvgIpc) is 2.41. The number of rotatable bonds is 10. The van der Waals surface area contributed by atoms with Gasteiger partial charge in [0, 0.05) is 25.0 Å². The van der Waals surface area contributed by atoms with E-state index in [1.54, 1.807) is 0 Å². The van der Waals surface area contributed by atoms with Crippen molar-refractivity contribution in [2.75, 3.05) is 25.0 Å². The Bertz CT molecular complexity index is 158. The van der Waals surface area contributed by atoms with Gasteiger partial charge in [-0.2, -0.15) is 11.8 Å². The van der Waals surface area contributed by atoms with Gasteiger partial charge in [0.05, 0.1) is 0 Å². The van der Waals surface area contributed by atoms with Crippen LogP contribution in [0.3, 0.4) is 0 Å². The van der Waals surface area contributed by atoms with E-state index in [1.807, 2.05) is 14.2 Å². The highest BCUT2D eigenvalue weighted by molar-refractivity contribution is 8.02. The molecule has 104 valence electrons. The molecule has 0 aromatic carbocycles. The van der Waals surface area contributed by atoms with E-state index >= 15 is 0 Å². The zero-order chi connectivity index (χ0) is 13.4. The first-order chi connectivity index (χ1) is 8.07. The molecule has 0 aromatic heterocycles. The molecule has 0 spiro atoms. The molecule has 5 heteroatoms. The maximum atomic E-state index is 5.84. The lowest BCUT2D eigenvalue weighted by molar-refractivity contribution is 0.397. The van der Waals surface area contributed by atoms with Crippen molar-refractivity contribution >= 4 is 28.4 Å². The average molecular weight is 295 g/mol. The van der Waals surface area contributed by atoms with Crippen LogP contribution in [0.5, 0.6) is 0 Å². The molecule has 0 aromatic rings. The quantitative estimate of drug-likeness (QED) is 0.566. The van der Waals surface area contributed by atoms with Crippen LogP contribution in [0.1, 0.15) is 27.7 Å². The molecular weight excluding hydrogens is 264 g/mol. The lowest BCUT2D eigenvalue weighted by Crippen LogP contribution is -2.43. The van der Waals surface area contributed by atoms with Crippen LogP contribution in [0.4, 0.5) is 0 Å². The van der Waals surface area contributed by atoms with Gasteiger partial charge in [0.2, 0.25) is 16.6 Å². The molecule has 0 bridgehead atoms. The molecule has 2 nitrogen and oxygen atoms in total. The van der Waals surface area contributed by atoms with Gasteiger partial charge in [-0.1, -0.05) is 27.7 Å². The second kappa shape index (κ2) is 8.74. The lowest BCUT2D eigenvalue weighted by Gasteiger charge is -2.30. The van der Waals surface area contributed by atoms with E-state index in [-0.39, 0.29) is 0 Å². The molecule has 17 heavy (non-hydrogen) atoms. The van der Waals surface area contributed by atoms with Crippen LogP contribution in [-0.2, 0) is 8.85 Å². The van der Waals surface area contributed by atoms with E-state index in [4.69, 9.17) is 8.85 Å². The minimum Gasteiger partial charge on any atom is -0.419 e. The highest BCUT2D eigenvalue weighted by Gasteiger charge is 2.34. The molecule has 0 N–H and O–H groups in total. The number of thioether (sulfide) groups is 1. The summed E-state index contributed by atoms with van der Waals surface area (Å²) < 4.78 is 11.7.